The Morgan fingerprint density at radius 2 is 1.84 bits per heavy atom. The molecule has 0 amide bonds. The second-order valence-electron chi connectivity index (χ2n) is 4.19. The van der Waals surface area contributed by atoms with Gasteiger partial charge >= 0.3 is 0 Å². The molecule has 3 nitrogen and oxygen atoms in total. The van der Waals surface area contributed by atoms with Gasteiger partial charge in [0.1, 0.15) is 17.9 Å². The second-order valence-corrected chi connectivity index (χ2v) is 4.19. The lowest BCUT2D eigenvalue weighted by Gasteiger charge is -2.08. The van der Waals surface area contributed by atoms with Crippen molar-refractivity contribution in [3.63, 3.8) is 0 Å². The Labute approximate surface area is 107 Å². The maximum Gasteiger partial charge on any atom is 0.160 e. The molecule has 1 aromatic rings. The van der Waals surface area contributed by atoms with Crippen LogP contribution in [0.2, 0.25) is 0 Å². The number of nitrogens with zero attached hydrogens (tertiary/aromatic N) is 2. The molecule has 2 aliphatic rings. The first-order valence-corrected chi connectivity index (χ1v) is 5.65. The van der Waals surface area contributed by atoms with E-state index in [0.717, 1.165) is 24.5 Å². The molecule has 3 rings (SSSR count). The zero-order chi connectivity index (χ0) is 13.4. The highest BCUT2D eigenvalue weighted by Crippen LogP contribution is 2.24. The number of allylic oxidation sites excluding steroid dienone is 4. The standard InChI is InChI=1S/C14H8F2N2O/c15-10-4-9(5-11(16)6-10)14-17-12-3-1-2-8(7-19)13(12)18-14/h1-8H. The number of fused-ring (bicyclic) bond motifs is 1. The minimum Gasteiger partial charge on any atom is -0.302 e. The van der Waals surface area contributed by atoms with Crippen molar-refractivity contribution in [2.75, 3.05) is 0 Å². The minimum absolute atomic E-state index is 0.218. The predicted molar refractivity (Wildman–Crippen MR) is 67.1 cm³/mol. The molecule has 0 aromatic heterocycles. The Balaban J connectivity index is 2.05. The molecule has 1 aromatic carbocycles. The molecule has 1 atom stereocenters. The summed E-state index contributed by atoms with van der Waals surface area (Å²) in [6, 6.07) is 3.11. The van der Waals surface area contributed by atoms with Gasteiger partial charge in [0, 0.05) is 11.6 Å². The van der Waals surface area contributed by atoms with E-state index in [1.165, 1.54) is 0 Å². The Hall–Kier alpha value is -2.43. The third-order valence-electron chi connectivity index (χ3n) is 2.87. The lowest BCUT2D eigenvalue weighted by molar-refractivity contribution is -0.108. The van der Waals surface area contributed by atoms with Crippen LogP contribution in [0, 0.1) is 17.6 Å². The van der Waals surface area contributed by atoms with Crippen molar-refractivity contribution < 1.29 is 13.6 Å². The molecule has 0 saturated heterocycles. The van der Waals surface area contributed by atoms with Crippen LogP contribution in [0.1, 0.15) is 5.56 Å². The number of carbonyl (C=O) groups excluding carboxylic acids is 1. The highest BCUT2D eigenvalue weighted by molar-refractivity contribution is 6.22. The molecule has 1 aliphatic carbocycles. The normalized spacial score (nSPS) is 20.5. The molecule has 0 bridgehead atoms. The van der Waals surface area contributed by atoms with E-state index >= 15 is 0 Å². The molecule has 0 spiro atoms. The first-order chi connectivity index (χ1) is 9.17. The Kier molecular flexibility index (Phi) is 2.67. The lowest BCUT2D eigenvalue weighted by atomic mass is 9.98. The molecule has 0 N–H and O–H groups in total. The largest absolute Gasteiger partial charge is 0.302 e. The maximum absolute atomic E-state index is 13.2. The molecule has 94 valence electrons. The van der Waals surface area contributed by atoms with E-state index in [2.05, 4.69) is 9.98 Å². The van der Waals surface area contributed by atoms with Crippen LogP contribution in [0.5, 0.6) is 0 Å². The van der Waals surface area contributed by atoms with Crippen molar-refractivity contribution in [2.24, 2.45) is 15.9 Å². The number of hydrogen-bond donors (Lipinski definition) is 0. The summed E-state index contributed by atoms with van der Waals surface area (Å²) in [7, 11) is 0. The van der Waals surface area contributed by atoms with Crippen LogP contribution in [0.4, 0.5) is 8.78 Å². The highest BCUT2D eigenvalue weighted by atomic mass is 19.1. The van der Waals surface area contributed by atoms with Crippen LogP contribution in [0.15, 0.2) is 52.1 Å². The number of amidine groups is 1. The van der Waals surface area contributed by atoms with E-state index in [1.54, 1.807) is 18.2 Å². The zero-order valence-electron chi connectivity index (χ0n) is 9.68. The third kappa shape index (κ3) is 2.03. The summed E-state index contributed by atoms with van der Waals surface area (Å²) in [5.74, 6) is -1.62. The average molecular weight is 258 g/mol. The maximum atomic E-state index is 13.2. The van der Waals surface area contributed by atoms with Crippen LogP contribution >= 0.6 is 0 Å². The van der Waals surface area contributed by atoms with Gasteiger partial charge in [0.05, 0.1) is 17.3 Å². The summed E-state index contributed by atoms with van der Waals surface area (Å²) in [6.07, 6.45) is 5.88. The topological polar surface area (TPSA) is 41.8 Å². The van der Waals surface area contributed by atoms with Crippen molar-refractivity contribution in [3.05, 3.63) is 59.3 Å². The number of aliphatic imine (C=N–C) groups is 2. The first kappa shape index (κ1) is 11.6. The fraction of sp³-hybridized carbons (Fsp3) is 0.0714. The fourth-order valence-electron chi connectivity index (χ4n) is 2.02. The van der Waals surface area contributed by atoms with Gasteiger partial charge in [0.2, 0.25) is 0 Å². The molecule has 0 fully saturated rings. The van der Waals surface area contributed by atoms with Gasteiger partial charge in [-0.2, -0.15) is 0 Å². The van der Waals surface area contributed by atoms with Gasteiger partial charge in [-0.15, -0.1) is 0 Å². The van der Waals surface area contributed by atoms with Gasteiger partial charge in [-0.05, 0) is 18.2 Å². The quantitative estimate of drug-likeness (QED) is 0.751. The first-order valence-electron chi connectivity index (χ1n) is 5.65. The summed E-state index contributed by atoms with van der Waals surface area (Å²) < 4.78 is 26.3. The molecular weight excluding hydrogens is 250 g/mol. The van der Waals surface area contributed by atoms with Gasteiger partial charge in [-0.1, -0.05) is 12.2 Å². The van der Waals surface area contributed by atoms with Crippen LogP contribution in [-0.2, 0) is 4.79 Å². The third-order valence-corrected chi connectivity index (χ3v) is 2.87. The molecule has 19 heavy (non-hydrogen) atoms. The van der Waals surface area contributed by atoms with Gasteiger partial charge in [0.15, 0.2) is 5.84 Å². The van der Waals surface area contributed by atoms with Gasteiger partial charge in [-0.3, -0.25) is 0 Å². The Morgan fingerprint density at radius 3 is 2.53 bits per heavy atom. The number of benzene rings is 1. The minimum atomic E-state index is -0.688. The summed E-state index contributed by atoms with van der Waals surface area (Å²) >= 11 is 0. The summed E-state index contributed by atoms with van der Waals surface area (Å²) in [5.41, 5.74) is 1.32. The van der Waals surface area contributed by atoms with E-state index in [1.807, 2.05) is 0 Å². The Bertz CT molecular complexity index is 666. The smallest absolute Gasteiger partial charge is 0.160 e. The van der Waals surface area contributed by atoms with Crippen LogP contribution in [0.25, 0.3) is 0 Å². The van der Waals surface area contributed by atoms with Crippen LogP contribution in [0.3, 0.4) is 0 Å². The number of halogens is 2. The van der Waals surface area contributed by atoms with Crippen molar-refractivity contribution >= 4 is 17.8 Å². The SMILES string of the molecule is O=CC1C=CC=C2N=C(c3cc(F)cc(F)c3)N=C21. The van der Waals surface area contributed by atoms with E-state index in [0.29, 0.717) is 11.4 Å². The molecule has 0 radical (unpaired) electrons. The molecule has 1 unspecified atom stereocenters. The molecule has 5 heteroatoms. The lowest BCUT2D eigenvalue weighted by Crippen LogP contribution is -2.15. The van der Waals surface area contributed by atoms with E-state index in [4.69, 9.17) is 0 Å². The van der Waals surface area contributed by atoms with Crippen LogP contribution < -0.4 is 0 Å². The van der Waals surface area contributed by atoms with Crippen molar-refractivity contribution in [2.45, 2.75) is 0 Å². The molecular formula is C14H8F2N2O. The van der Waals surface area contributed by atoms with Crippen LogP contribution in [-0.4, -0.2) is 17.8 Å². The summed E-state index contributed by atoms with van der Waals surface area (Å²) in [6.45, 7) is 0. The Morgan fingerprint density at radius 1 is 1.11 bits per heavy atom. The predicted octanol–water partition coefficient (Wildman–Crippen LogP) is 2.43. The molecule has 1 heterocycles. The van der Waals surface area contributed by atoms with Crippen molar-refractivity contribution in [1.29, 1.82) is 0 Å². The number of carbonyl (C=O) groups is 1. The van der Waals surface area contributed by atoms with Gasteiger partial charge in [-0.25, -0.2) is 18.8 Å². The molecule has 0 saturated carbocycles. The highest BCUT2D eigenvalue weighted by Gasteiger charge is 2.25. The van der Waals surface area contributed by atoms with E-state index in [9.17, 15) is 13.6 Å². The van der Waals surface area contributed by atoms with E-state index in [-0.39, 0.29) is 11.4 Å². The van der Waals surface area contributed by atoms with Crippen molar-refractivity contribution in [1.82, 2.24) is 0 Å². The fourth-order valence-corrected chi connectivity index (χ4v) is 2.02. The zero-order valence-corrected chi connectivity index (χ0v) is 9.68. The summed E-state index contributed by atoms with van der Waals surface area (Å²) in [4.78, 5) is 19.3. The monoisotopic (exact) mass is 258 g/mol. The number of hydrogen-bond acceptors (Lipinski definition) is 3. The van der Waals surface area contributed by atoms with E-state index < -0.39 is 17.6 Å². The van der Waals surface area contributed by atoms with Crippen molar-refractivity contribution in [3.8, 4) is 0 Å². The van der Waals surface area contributed by atoms with Gasteiger partial charge < -0.3 is 4.79 Å². The summed E-state index contributed by atoms with van der Waals surface area (Å²) in [5, 5.41) is 0. The second kappa shape index (κ2) is 4.35. The number of aldehydes is 1. The average Bonchev–Trinajstić information content (AvgIpc) is 2.81. The van der Waals surface area contributed by atoms with Gasteiger partial charge in [0.25, 0.3) is 0 Å². The number of rotatable bonds is 2. The molecule has 1 aliphatic heterocycles.